The van der Waals surface area contributed by atoms with Gasteiger partial charge in [-0.3, -0.25) is 9.69 Å². The zero-order valence-corrected chi connectivity index (χ0v) is 15.2. The normalized spacial score (nSPS) is 16.0. The minimum Gasteiger partial charge on any atom is -0.473 e. The van der Waals surface area contributed by atoms with Crippen LogP contribution in [0.15, 0.2) is 29.9 Å². The summed E-state index contributed by atoms with van der Waals surface area (Å²) in [5.41, 5.74) is 0. The average molecular weight is 376 g/mol. The fourth-order valence-corrected chi connectivity index (χ4v) is 3.87. The van der Waals surface area contributed by atoms with Gasteiger partial charge < -0.3 is 14.9 Å². The highest BCUT2D eigenvalue weighted by Crippen LogP contribution is 2.31. The van der Waals surface area contributed by atoms with E-state index < -0.39 is 16.8 Å². The van der Waals surface area contributed by atoms with Gasteiger partial charge in [0.15, 0.2) is 11.2 Å². The highest BCUT2D eigenvalue weighted by Gasteiger charge is 2.33. The Morgan fingerprint density at radius 3 is 2.77 bits per heavy atom. The molecule has 0 bridgehead atoms. The molecule has 0 saturated heterocycles. The molecule has 1 fully saturated rings. The van der Waals surface area contributed by atoms with Crippen LogP contribution in [0.25, 0.3) is 0 Å². The molecule has 1 saturated carbocycles. The molecule has 1 aliphatic rings. The number of anilines is 1. The number of thiazole rings is 1. The molecule has 2 aromatic rings. The van der Waals surface area contributed by atoms with E-state index in [0.717, 1.165) is 25.7 Å². The summed E-state index contributed by atoms with van der Waals surface area (Å²) in [5, 5.41) is 13.6. The predicted octanol–water partition coefficient (Wildman–Crippen LogP) is 3.58. The molecule has 0 radical (unpaired) electrons. The highest BCUT2D eigenvalue weighted by atomic mass is 32.1. The van der Waals surface area contributed by atoms with Crippen molar-refractivity contribution < 1.29 is 14.5 Å². The third-order valence-electron chi connectivity index (χ3n) is 4.38. The first kappa shape index (κ1) is 18.2. The Labute approximate surface area is 155 Å². The molecule has 0 spiro atoms. The first-order chi connectivity index (χ1) is 12.6. The van der Waals surface area contributed by atoms with Crippen molar-refractivity contribution in [3.05, 3.63) is 40.0 Å². The monoisotopic (exact) mass is 376 g/mol. The number of nitrogens with zero attached hydrogens (tertiary/aromatic N) is 4. The van der Waals surface area contributed by atoms with Crippen LogP contribution in [0.4, 0.5) is 10.9 Å². The molecule has 3 rings (SSSR count). The Morgan fingerprint density at radius 2 is 2.12 bits per heavy atom. The molecule has 1 unspecified atom stereocenters. The fraction of sp³-hybridized carbons (Fsp3) is 0.471. The van der Waals surface area contributed by atoms with Crippen LogP contribution < -0.4 is 9.64 Å². The van der Waals surface area contributed by atoms with Gasteiger partial charge in [-0.1, -0.05) is 19.3 Å². The zero-order valence-electron chi connectivity index (χ0n) is 14.4. The Bertz CT molecular complexity index is 762. The molecule has 1 aliphatic carbocycles. The molecule has 0 aliphatic heterocycles. The van der Waals surface area contributed by atoms with Gasteiger partial charge in [0.05, 0.1) is 0 Å². The molecule has 26 heavy (non-hydrogen) atoms. The second kappa shape index (κ2) is 8.22. The van der Waals surface area contributed by atoms with E-state index >= 15 is 0 Å². The van der Waals surface area contributed by atoms with Crippen molar-refractivity contribution in [2.24, 2.45) is 0 Å². The number of hydrogen-bond donors (Lipinski definition) is 0. The molecule has 8 nitrogen and oxygen atoms in total. The summed E-state index contributed by atoms with van der Waals surface area (Å²) in [6.07, 6.45) is 7.26. The van der Waals surface area contributed by atoms with E-state index in [1.807, 2.05) is 5.38 Å². The average Bonchev–Trinajstić information content (AvgIpc) is 3.17. The molecule has 9 heteroatoms. The second-order valence-electron chi connectivity index (χ2n) is 6.16. The lowest BCUT2D eigenvalue weighted by Gasteiger charge is -2.34. The SMILES string of the molecule is CC(Oc1cccnc1[N+](=O)[O-])C(=O)N(c1nccs1)C1CCCCC1. The Kier molecular flexibility index (Phi) is 5.77. The van der Waals surface area contributed by atoms with E-state index in [-0.39, 0.29) is 17.7 Å². The smallest absolute Gasteiger partial charge is 0.406 e. The van der Waals surface area contributed by atoms with Crippen LogP contribution in [0.3, 0.4) is 0 Å². The van der Waals surface area contributed by atoms with E-state index in [1.54, 1.807) is 24.1 Å². The summed E-state index contributed by atoms with van der Waals surface area (Å²) in [5.74, 6) is -0.656. The van der Waals surface area contributed by atoms with Gasteiger partial charge >= 0.3 is 5.82 Å². The fourth-order valence-electron chi connectivity index (χ4n) is 3.15. The number of hydrogen-bond acceptors (Lipinski definition) is 7. The number of rotatable bonds is 6. The maximum absolute atomic E-state index is 13.1. The van der Waals surface area contributed by atoms with Crippen molar-refractivity contribution in [2.75, 3.05) is 4.90 Å². The molecule has 2 aromatic heterocycles. The van der Waals surface area contributed by atoms with E-state index in [9.17, 15) is 14.9 Å². The predicted molar refractivity (Wildman–Crippen MR) is 97.5 cm³/mol. The van der Waals surface area contributed by atoms with E-state index in [1.165, 1.54) is 30.0 Å². The van der Waals surface area contributed by atoms with E-state index in [0.29, 0.717) is 5.13 Å². The minimum absolute atomic E-state index is 0.0129. The standard InChI is InChI=1S/C17H20N4O4S/c1-12(25-14-8-5-9-18-15(14)21(23)24)16(22)20(17-19-10-11-26-17)13-6-3-2-4-7-13/h5,8-13H,2-4,6-7H2,1H3. The van der Waals surface area contributed by atoms with Gasteiger partial charge in [-0.25, -0.2) is 4.98 Å². The number of amides is 1. The third-order valence-corrected chi connectivity index (χ3v) is 5.15. The molecule has 0 N–H and O–H groups in total. The molecule has 0 aromatic carbocycles. The summed E-state index contributed by atoms with van der Waals surface area (Å²) >= 11 is 1.40. The first-order valence-electron chi connectivity index (χ1n) is 8.56. The minimum atomic E-state index is -0.885. The third kappa shape index (κ3) is 3.98. The van der Waals surface area contributed by atoms with Crippen molar-refractivity contribution >= 4 is 28.2 Å². The Morgan fingerprint density at radius 1 is 1.35 bits per heavy atom. The lowest BCUT2D eigenvalue weighted by atomic mass is 9.94. The molecule has 1 amide bonds. The number of nitro groups is 1. The number of aromatic nitrogens is 2. The second-order valence-corrected chi connectivity index (χ2v) is 7.03. The van der Waals surface area contributed by atoms with E-state index in [2.05, 4.69) is 9.97 Å². The number of pyridine rings is 1. The summed E-state index contributed by atoms with van der Waals surface area (Å²) < 4.78 is 5.62. The maximum atomic E-state index is 13.1. The quantitative estimate of drug-likeness (QED) is 0.564. The van der Waals surface area contributed by atoms with Crippen molar-refractivity contribution in [3.8, 4) is 5.75 Å². The van der Waals surface area contributed by atoms with Crippen LogP contribution in [0.5, 0.6) is 5.75 Å². The molecular weight excluding hydrogens is 356 g/mol. The lowest BCUT2D eigenvalue weighted by molar-refractivity contribution is -0.390. The number of carbonyl (C=O) groups is 1. The first-order valence-corrected chi connectivity index (χ1v) is 9.44. The molecule has 138 valence electrons. The van der Waals surface area contributed by atoms with Crippen LogP contribution in [0, 0.1) is 10.1 Å². The van der Waals surface area contributed by atoms with Gasteiger partial charge in [0.25, 0.3) is 5.91 Å². The zero-order chi connectivity index (χ0) is 18.5. The number of carbonyl (C=O) groups excluding carboxylic acids is 1. The van der Waals surface area contributed by atoms with Gasteiger partial charge in [-0.05, 0) is 41.8 Å². The van der Waals surface area contributed by atoms with Crippen molar-refractivity contribution in [1.29, 1.82) is 0 Å². The summed E-state index contributed by atoms with van der Waals surface area (Å²) in [7, 11) is 0. The summed E-state index contributed by atoms with van der Waals surface area (Å²) in [6.45, 7) is 1.60. The van der Waals surface area contributed by atoms with Gasteiger partial charge in [0.2, 0.25) is 5.75 Å². The van der Waals surface area contributed by atoms with Gasteiger partial charge in [0, 0.05) is 17.6 Å². The van der Waals surface area contributed by atoms with Crippen LogP contribution >= 0.6 is 11.3 Å². The van der Waals surface area contributed by atoms with Gasteiger partial charge in [-0.2, -0.15) is 0 Å². The maximum Gasteiger partial charge on any atom is 0.406 e. The van der Waals surface area contributed by atoms with E-state index in [4.69, 9.17) is 4.74 Å². The van der Waals surface area contributed by atoms with Crippen LogP contribution in [0.1, 0.15) is 39.0 Å². The summed E-state index contributed by atoms with van der Waals surface area (Å²) in [4.78, 5) is 33.3. The van der Waals surface area contributed by atoms with Crippen LogP contribution in [-0.2, 0) is 4.79 Å². The van der Waals surface area contributed by atoms with Gasteiger partial charge in [0.1, 0.15) is 6.20 Å². The number of ether oxygens (including phenoxy) is 1. The molecule has 1 atom stereocenters. The molecular formula is C17H20N4O4S. The van der Waals surface area contributed by atoms with Crippen LogP contribution in [0.2, 0.25) is 0 Å². The highest BCUT2D eigenvalue weighted by molar-refractivity contribution is 7.13. The summed E-state index contributed by atoms with van der Waals surface area (Å²) in [6, 6.07) is 3.07. The largest absolute Gasteiger partial charge is 0.473 e. The molecule has 2 heterocycles. The van der Waals surface area contributed by atoms with Gasteiger partial charge in [-0.15, -0.1) is 11.3 Å². The lowest BCUT2D eigenvalue weighted by Crippen LogP contribution is -2.47. The van der Waals surface area contributed by atoms with Crippen molar-refractivity contribution in [3.63, 3.8) is 0 Å². The van der Waals surface area contributed by atoms with Crippen molar-refractivity contribution in [2.45, 2.75) is 51.2 Å². The topological polar surface area (TPSA) is 98.5 Å². The van der Waals surface area contributed by atoms with Crippen LogP contribution in [-0.4, -0.2) is 32.9 Å². The van der Waals surface area contributed by atoms with Crippen molar-refractivity contribution in [1.82, 2.24) is 9.97 Å². The Balaban J connectivity index is 1.81. The Hall–Kier alpha value is -2.55.